The summed E-state index contributed by atoms with van der Waals surface area (Å²) in [6, 6.07) is 5.34. The molecule has 0 bridgehead atoms. The van der Waals surface area contributed by atoms with E-state index in [2.05, 4.69) is 0 Å². The number of carboxylic acid groups (broad SMARTS) is 1. The van der Waals surface area contributed by atoms with Crippen molar-refractivity contribution in [3.05, 3.63) is 29.3 Å². The summed E-state index contributed by atoms with van der Waals surface area (Å²) in [4.78, 5) is 11.0. The molecule has 0 fully saturated rings. The zero-order chi connectivity index (χ0) is 10.7. The minimum absolute atomic E-state index is 0.286. The Morgan fingerprint density at radius 3 is 2.93 bits per heavy atom. The Balaban J connectivity index is 2.41. The van der Waals surface area contributed by atoms with Crippen molar-refractivity contribution >= 4 is 5.97 Å². The van der Waals surface area contributed by atoms with Gasteiger partial charge in [-0.3, -0.25) is 0 Å². The smallest absolute Gasteiger partial charge is 0.339 e. The monoisotopic (exact) mass is 206 g/mol. The maximum atomic E-state index is 11.0. The lowest BCUT2D eigenvalue weighted by molar-refractivity contribution is 0.0691. The van der Waals surface area contributed by atoms with E-state index in [9.17, 15) is 4.79 Å². The first-order valence-electron chi connectivity index (χ1n) is 5.27. The average Bonchev–Trinajstić information content (AvgIpc) is 2.17. The number of benzene rings is 1. The number of hydrogen-bond acceptors (Lipinski definition) is 2. The second kappa shape index (κ2) is 4.34. The molecule has 0 amide bonds. The van der Waals surface area contributed by atoms with Crippen molar-refractivity contribution < 1.29 is 14.6 Å². The number of rotatable bonds is 1. The molecule has 0 aliphatic carbocycles. The second-order valence-corrected chi connectivity index (χ2v) is 3.76. The van der Waals surface area contributed by atoms with Gasteiger partial charge in [-0.25, -0.2) is 4.79 Å². The molecule has 0 spiro atoms. The molecule has 1 N–H and O–H groups in total. The molecule has 0 atom stereocenters. The molecular formula is C12H14O3. The van der Waals surface area contributed by atoms with E-state index in [0.29, 0.717) is 12.4 Å². The number of fused-ring (bicyclic) bond motifs is 1. The lowest BCUT2D eigenvalue weighted by atomic mass is 10.0. The van der Waals surface area contributed by atoms with Gasteiger partial charge in [0.1, 0.15) is 11.3 Å². The van der Waals surface area contributed by atoms with E-state index in [4.69, 9.17) is 9.84 Å². The van der Waals surface area contributed by atoms with Crippen molar-refractivity contribution in [2.45, 2.75) is 25.7 Å². The number of ether oxygens (including phenoxy) is 1. The number of para-hydroxylation sites is 1. The van der Waals surface area contributed by atoms with Crippen molar-refractivity contribution in [3.63, 3.8) is 0 Å². The van der Waals surface area contributed by atoms with Gasteiger partial charge in [-0.15, -0.1) is 0 Å². The summed E-state index contributed by atoms with van der Waals surface area (Å²) in [6.07, 6.45) is 4.18. The predicted octanol–water partition coefficient (Wildman–Crippen LogP) is 2.49. The van der Waals surface area contributed by atoms with E-state index < -0.39 is 5.97 Å². The van der Waals surface area contributed by atoms with Crippen molar-refractivity contribution in [2.24, 2.45) is 0 Å². The fourth-order valence-electron chi connectivity index (χ4n) is 1.89. The Kier molecular flexibility index (Phi) is 2.90. The van der Waals surface area contributed by atoms with E-state index >= 15 is 0 Å². The summed E-state index contributed by atoms with van der Waals surface area (Å²) in [7, 11) is 0. The maximum absolute atomic E-state index is 11.0. The zero-order valence-electron chi connectivity index (χ0n) is 8.53. The van der Waals surface area contributed by atoms with Crippen LogP contribution < -0.4 is 4.74 Å². The third kappa shape index (κ3) is 2.12. The molecule has 1 aromatic rings. The van der Waals surface area contributed by atoms with Crippen LogP contribution >= 0.6 is 0 Å². The average molecular weight is 206 g/mol. The van der Waals surface area contributed by atoms with E-state index in [1.807, 2.05) is 6.07 Å². The van der Waals surface area contributed by atoms with Crippen LogP contribution in [0.1, 0.15) is 35.2 Å². The largest absolute Gasteiger partial charge is 0.492 e. The summed E-state index contributed by atoms with van der Waals surface area (Å²) in [6.45, 7) is 0.622. The van der Waals surface area contributed by atoms with E-state index in [1.165, 1.54) is 0 Å². The number of carbonyl (C=O) groups is 1. The first-order valence-corrected chi connectivity index (χ1v) is 5.27. The Morgan fingerprint density at radius 2 is 2.13 bits per heavy atom. The molecule has 80 valence electrons. The van der Waals surface area contributed by atoms with Crippen LogP contribution in [0.2, 0.25) is 0 Å². The number of hydrogen-bond donors (Lipinski definition) is 1. The highest BCUT2D eigenvalue weighted by molar-refractivity contribution is 5.91. The zero-order valence-corrected chi connectivity index (χ0v) is 8.53. The summed E-state index contributed by atoms with van der Waals surface area (Å²) < 4.78 is 5.54. The van der Waals surface area contributed by atoms with E-state index in [-0.39, 0.29) is 5.56 Å². The molecule has 1 aliphatic heterocycles. The number of carboxylic acids is 1. The van der Waals surface area contributed by atoms with E-state index in [0.717, 1.165) is 31.2 Å². The second-order valence-electron chi connectivity index (χ2n) is 3.76. The molecule has 0 saturated carbocycles. The van der Waals surface area contributed by atoms with Gasteiger partial charge in [0, 0.05) is 0 Å². The predicted molar refractivity (Wildman–Crippen MR) is 56.5 cm³/mol. The van der Waals surface area contributed by atoms with Gasteiger partial charge < -0.3 is 9.84 Å². The molecule has 0 radical (unpaired) electrons. The van der Waals surface area contributed by atoms with Crippen LogP contribution in [0.25, 0.3) is 0 Å². The molecule has 0 saturated heterocycles. The van der Waals surface area contributed by atoms with Gasteiger partial charge in [-0.2, -0.15) is 0 Å². The Morgan fingerprint density at radius 1 is 1.27 bits per heavy atom. The number of aryl methyl sites for hydroxylation is 1. The summed E-state index contributed by atoms with van der Waals surface area (Å²) in [5.41, 5.74) is 1.31. The van der Waals surface area contributed by atoms with Crippen LogP contribution in [0.15, 0.2) is 18.2 Å². The first-order chi connectivity index (χ1) is 7.29. The quantitative estimate of drug-likeness (QED) is 0.767. The Bertz CT molecular complexity index is 371. The van der Waals surface area contributed by atoms with Gasteiger partial charge in [-0.1, -0.05) is 12.1 Å². The van der Waals surface area contributed by atoms with Crippen LogP contribution in [-0.4, -0.2) is 17.7 Å². The molecule has 3 nitrogen and oxygen atoms in total. The minimum atomic E-state index is -0.910. The van der Waals surface area contributed by atoms with Gasteiger partial charge in [0.25, 0.3) is 0 Å². The van der Waals surface area contributed by atoms with Gasteiger partial charge >= 0.3 is 5.97 Å². The van der Waals surface area contributed by atoms with Crippen LogP contribution in [0.4, 0.5) is 0 Å². The molecule has 1 aromatic carbocycles. The topological polar surface area (TPSA) is 46.5 Å². The molecule has 15 heavy (non-hydrogen) atoms. The first kappa shape index (κ1) is 10.0. The van der Waals surface area contributed by atoms with Crippen LogP contribution in [0.3, 0.4) is 0 Å². The molecule has 2 rings (SSSR count). The van der Waals surface area contributed by atoms with Gasteiger partial charge in [-0.05, 0) is 37.3 Å². The van der Waals surface area contributed by atoms with E-state index in [1.54, 1.807) is 12.1 Å². The molecule has 0 aromatic heterocycles. The van der Waals surface area contributed by atoms with Crippen LogP contribution in [-0.2, 0) is 6.42 Å². The third-order valence-electron chi connectivity index (χ3n) is 2.66. The fraction of sp³-hybridized carbons (Fsp3) is 0.417. The molecule has 1 heterocycles. The summed E-state index contributed by atoms with van der Waals surface area (Å²) in [5, 5.41) is 9.02. The SMILES string of the molecule is O=C(O)c1cccc2c1OCCCCC2. The Hall–Kier alpha value is -1.51. The molecule has 0 unspecified atom stereocenters. The van der Waals surface area contributed by atoms with Gasteiger partial charge in [0.15, 0.2) is 0 Å². The Labute approximate surface area is 88.7 Å². The van der Waals surface area contributed by atoms with Gasteiger partial charge in [0.2, 0.25) is 0 Å². The highest BCUT2D eigenvalue weighted by atomic mass is 16.5. The standard InChI is InChI=1S/C12H14O3/c13-12(14)10-7-4-6-9-5-2-1-3-8-15-11(9)10/h4,6-7H,1-3,5,8H2,(H,13,14). The molecule has 3 heteroatoms. The fourth-order valence-corrected chi connectivity index (χ4v) is 1.89. The normalized spacial score (nSPS) is 15.7. The lowest BCUT2D eigenvalue weighted by Crippen LogP contribution is -2.09. The maximum Gasteiger partial charge on any atom is 0.339 e. The summed E-state index contributed by atoms with van der Waals surface area (Å²) >= 11 is 0. The molecule has 1 aliphatic rings. The summed E-state index contributed by atoms with van der Waals surface area (Å²) in [5.74, 6) is -0.336. The van der Waals surface area contributed by atoms with Crippen molar-refractivity contribution in [1.29, 1.82) is 0 Å². The highest BCUT2D eigenvalue weighted by Gasteiger charge is 2.16. The molecular weight excluding hydrogens is 192 g/mol. The lowest BCUT2D eigenvalue weighted by Gasteiger charge is -2.16. The van der Waals surface area contributed by atoms with Crippen LogP contribution in [0.5, 0.6) is 5.75 Å². The number of aromatic carboxylic acids is 1. The van der Waals surface area contributed by atoms with Crippen molar-refractivity contribution in [2.75, 3.05) is 6.61 Å². The van der Waals surface area contributed by atoms with Crippen molar-refractivity contribution in [3.8, 4) is 5.75 Å². The van der Waals surface area contributed by atoms with Gasteiger partial charge in [0.05, 0.1) is 6.61 Å². The highest BCUT2D eigenvalue weighted by Crippen LogP contribution is 2.27. The minimum Gasteiger partial charge on any atom is -0.492 e. The van der Waals surface area contributed by atoms with Crippen molar-refractivity contribution in [1.82, 2.24) is 0 Å². The third-order valence-corrected chi connectivity index (χ3v) is 2.66. The van der Waals surface area contributed by atoms with Crippen LogP contribution in [0, 0.1) is 0 Å².